The summed E-state index contributed by atoms with van der Waals surface area (Å²) in [5.74, 6) is 1.09. The lowest BCUT2D eigenvalue weighted by molar-refractivity contribution is 0.367. The molecule has 0 aliphatic carbocycles. The van der Waals surface area contributed by atoms with Gasteiger partial charge in [0, 0.05) is 67.4 Å². The highest BCUT2D eigenvalue weighted by Gasteiger charge is 2.22. The fourth-order valence-corrected chi connectivity index (χ4v) is 3.81. The molecule has 6 heteroatoms. The highest BCUT2D eigenvalue weighted by atomic mass is 35.5. The maximum Gasteiger partial charge on any atom is 0.131 e. The van der Waals surface area contributed by atoms with Gasteiger partial charge >= 0.3 is 0 Å². The predicted octanol–water partition coefficient (Wildman–Crippen LogP) is 3.78. The Morgan fingerprint density at radius 2 is 1.89 bits per heavy atom. The van der Waals surface area contributed by atoms with Gasteiger partial charge in [0.2, 0.25) is 0 Å². The van der Waals surface area contributed by atoms with Crippen molar-refractivity contribution in [1.29, 1.82) is 0 Å². The molecule has 1 aliphatic heterocycles. The van der Waals surface area contributed by atoms with E-state index >= 15 is 0 Å². The Labute approximate surface area is 173 Å². The summed E-state index contributed by atoms with van der Waals surface area (Å²) in [6.07, 6.45) is 1.95. The molecule has 0 radical (unpaired) electrons. The van der Waals surface area contributed by atoms with Crippen molar-refractivity contribution in [1.82, 2.24) is 15.2 Å². The molecule has 0 bridgehead atoms. The Morgan fingerprint density at radius 1 is 1.14 bits per heavy atom. The molecule has 2 heterocycles. The Kier molecular flexibility index (Phi) is 6.81. The molecule has 1 aliphatic rings. The summed E-state index contributed by atoms with van der Waals surface area (Å²) < 4.78 is 0. The summed E-state index contributed by atoms with van der Waals surface area (Å²) in [6.45, 7) is 14.1. The third-order valence-corrected chi connectivity index (χ3v) is 5.37. The highest BCUT2D eigenvalue weighted by Crippen LogP contribution is 2.30. The van der Waals surface area contributed by atoms with E-state index in [-0.39, 0.29) is 0 Å². The van der Waals surface area contributed by atoms with Crippen LogP contribution < -0.4 is 15.5 Å². The van der Waals surface area contributed by atoms with E-state index in [0.29, 0.717) is 0 Å². The fraction of sp³-hybridized carbons (Fsp3) is 0.409. The minimum Gasteiger partial charge on any atom is -0.383 e. The Morgan fingerprint density at radius 3 is 2.57 bits per heavy atom. The lowest BCUT2D eigenvalue weighted by Crippen LogP contribution is -2.46. The minimum atomic E-state index is 0.731. The van der Waals surface area contributed by atoms with Crippen LogP contribution in [-0.4, -0.2) is 56.2 Å². The molecular weight excluding hydrogens is 370 g/mol. The number of aryl methyl sites for hydroxylation is 2. The lowest BCUT2D eigenvalue weighted by atomic mass is 10.1. The van der Waals surface area contributed by atoms with Crippen molar-refractivity contribution in [3.05, 3.63) is 58.8 Å². The average molecular weight is 400 g/mol. The standard InChI is InChI=1S/C22H30ClN5/c1-16-13-17(2)22(26-15-16)28-11-9-27(10-12-28)18(3)20-6-5-19(23)14-21(20)25-8-7-24-4/h5-6,13-15,24-25H,3,7-12H2,1-2,4H3. The molecule has 28 heavy (non-hydrogen) atoms. The quantitative estimate of drug-likeness (QED) is 0.693. The van der Waals surface area contributed by atoms with Crippen LogP contribution in [0.2, 0.25) is 5.02 Å². The van der Waals surface area contributed by atoms with Crippen LogP contribution in [0.1, 0.15) is 16.7 Å². The number of benzene rings is 1. The fourth-order valence-electron chi connectivity index (χ4n) is 3.63. The summed E-state index contributed by atoms with van der Waals surface area (Å²) >= 11 is 6.22. The average Bonchev–Trinajstić information content (AvgIpc) is 2.68. The normalized spacial score (nSPS) is 14.3. The molecule has 2 aromatic rings. The number of hydrogen-bond donors (Lipinski definition) is 2. The van der Waals surface area contributed by atoms with Crippen molar-refractivity contribution in [2.75, 3.05) is 56.5 Å². The first-order valence-corrected chi connectivity index (χ1v) is 10.2. The van der Waals surface area contributed by atoms with E-state index in [9.17, 15) is 0 Å². The maximum atomic E-state index is 6.22. The molecule has 150 valence electrons. The topological polar surface area (TPSA) is 43.4 Å². The number of pyridine rings is 1. The van der Waals surface area contributed by atoms with Crippen LogP contribution in [0.15, 0.2) is 37.0 Å². The van der Waals surface area contributed by atoms with Crippen LogP contribution in [0, 0.1) is 13.8 Å². The molecule has 0 amide bonds. The van der Waals surface area contributed by atoms with Gasteiger partial charge in [-0.05, 0) is 50.2 Å². The molecule has 0 atom stereocenters. The molecule has 0 spiro atoms. The van der Waals surface area contributed by atoms with Crippen molar-refractivity contribution in [2.24, 2.45) is 0 Å². The van der Waals surface area contributed by atoms with E-state index in [1.54, 1.807) is 0 Å². The molecule has 1 aromatic carbocycles. The zero-order valence-corrected chi connectivity index (χ0v) is 17.8. The number of nitrogens with one attached hydrogen (secondary N) is 2. The van der Waals surface area contributed by atoms with Gasteiger partial charge in [-0.15, -0.1) is 0 Å². The largest absolute Gasteiger partial charge is 0.383 e. The van der Waals surface area contributed by atoms with Gasteiger partial charge in [0.25, 0.3) is 0 Å². The highest BCUT2D eigenvalue weighted by molar-refractivity contribution is 6.31. The van der Waals surface area contributed by atoms with Gasteiger partial charge < -0.3 is 20.4 Å². The lowest BCUT2D eigenvalue weighted by Gasteiger charge is -2.38. The van der Waals surface area contributed by atoms with Gasteiger partial charge in [-0.25, -0.2) is 4.98 Å². The third-order valence-electron chi connectivity index (χ3n) is 5.13. The van der Waals surface area contributed by atoms with Crippen LogP contribution in [-0.2, 0) is 0 Å². The molecule has 2 N–H and O–H groups in total. The Hall–Kier alpha value is -2.24. The van der Waals surface area contributed by atoms with E-state index in [4.69, 9.17) is 11.6 Å². The van der Waals surface area contributed by atoms with Crippen molar-refractivity contribution in [3.8, 4) is 0 Å². The second kappa shape index (κ2) is 9.30. The second-order valence-electron chi connectivity index (χ2n) is 7.29. The van der Waals surface area contributed by atoms with Crippen molar-refractivity contribution < 1.29 is 0 Å². The predicted molar refractivity (Wildman–Crippen MR) is 120 cm³/mol. The van der Waals surface area contributed by atoms with Crippen molar-refractivity contribution in [2.45, 2.75) is 13.8 Å². The van der Waals surface area contributed by atoms with Gasteiger partial charge in [0.15, 0.2) is 0 Å². The zero-order chi connectivity index (χ0) is 20.1. The first-order chi connectivity index (χ1) is 13.5. The summed E-state index contributed by atoms with van der Waals surface area (Å²) in [4.78, 5) is 9.37. The van der Waals surface area contributed by atoms with Crippen molar-refractivity contribution >= 4 is 28.8 Å². The van der Waals surface area contributed by atoms with Gasteiger partial charge in [0.1, 0.15) is 5.82 Å². The summed E-state index contributed by atoms with van der Waals surface area (Å²) in [6, 6.07) is 8.17. The molecule has 3 rings (SSSR count). The second-order valence-corrected chi connectivity index (χ2v) is 7.73. The molecule has 1 fully saturated rings. The van der Waals surface area contributed by atoms with Crippen LogP contribution in [0.5, 0.6) is 0 Å². The van der Waals surface area contributed by atoms with Crippen LogP contribution >= 0.6 is 11.6 Å². The molecule has 1 aromatic heterocycles. The zero-order valence-electron chi connectivity index (χ0n) is 17.1. The number of hydrogen-bond acceptors (Lipinski definition) is 5. The van der Waals surface area contributed by atoms with E-state index in [1.165, 1.54) is 11.1 Å². The van der Waals surface area contributed by atoms with Gasteiger partial charge in [-0.2, -0.15) is 0 Å². The van der Waals surface area contributed by atoms with Gasteiger partial charge in [-0.3, -0.25) is 0 Å². The molecular formula is C22H30ClN5. The number of nitrogens with zero attached hydrogens (tertiary/aromatic N) is 3. The van der Waals surface area contributed by atoms with E-state index in [0.717, 1.165) is 67.1 Å². The summed E-state index contributed by atoms with van der Waals surface area (Å²) in [5.41, 5.74) is 5.62. The first-order valence-electron chi connectivity index (χ1n) is 9.80. The number of likely N-dealkylation sites (N-methyl/N-ethyl adjacent to an activating group) is 1. The molecule has 5 nitrogen and oxygen atoms in total. The summed E-state index contributed by atoms with van der Waals surface area (Å²) in [5, 5.41) is 7.35. The number of anilines is 2. The van der Waals surface area contributed by atoms with E-state index in [2.05, 4.69) is 58.0 Å². The van der Waals surface area contributed by atoms with E-state index < -0.39 is 0 Å². The number of aromatic nitrogens is 1. The van der Waals surface area contributed by atoms with Gasteiger partial charge in [-0.1, -0.05) is 24.2 Å². The first kappa shape index (κ1) is 20.5. The van der Waals surface area contributed by atoms with Crippen LogP contribution in [0.4, 0.5) is 11.5 Å². The third kappa shape index (κ3) is 4.78. The number of piperazine rings is 1. The molecule has 1 saturated heterocycles. The Bertz CT molecular complexity index is 828. The van der Waals surface area contributed by atoms with Crippen molar-refractivity contribution in [3.63, 3.8) is 0 Å². The smallest absolute Gasteiger partial charge is 0.131 e. The summed E-state index contributed by atoms with van der Waals surface area (Å²) in [7, 11) is 1.95. The molecule has 0 saturated carbocycles. The molecule has 0 unspecified atom stereocenters. The minimum absolute atomic E-state index is 0.731. The number of halogens is 1. The van der Waals surface area contributed by atoms with Crippen LogP contribution in [0.3, 0.4) is 0 Å². The van der Waals surface area contributed by atoms with E-state index in [1.807, 2.05) is 25.4 Å². The van der Waals surface area contributed by atoms with Gasteiger partial charge in [0.05, 0.1) is 0 Å². The maximum absolute atomic E-state index is 6.22. The van der Waals surface area contributed by atoms with Crippen LogP contribution in [0.25, 0.3) is 5.70 Å². The number of rotatable bonds is 7. The SMILES string of the molecule is C=C(c1ccc(Cl)cc1NCCNC)N1CCN(c2ncc(C)cc2C)CC1. The monoisotopic (exact) mass is 399 g/mol. The Balaban J connectivity index is 1.68.